The Labute approximate surface area is 125 Å². The summed E-state index contributed by atoms with van der Waals surface area (Å²) in [6.45, 7) is 7.29. The van der Waals surface area contributed by atoms with Crippen molar-refractivity contribution in [2.45, 2.75) is 45.3 Å². The normalized spacial score (nSPS) is 35.0. The second-order valence-electron chi connectivity index (χ2n) is 7.00. The SMILES string of the molecule is CC1(C)[C@H]2CC[C@]1(C)[C@@H](S/N=C/c1ccccc1O)C2. The first kappa shape index (κ1) is 14.0. The number of hydrogen-bond donors (Lipinski definition) is 1. The van der Waals surface area contributed by atoms with Crippen molar-refractivity contribution >= 4 is 18.2 Å². The van der Waals surface area contributed by atoms with Gasteiger partial charge in [-0.3, -0.25) is 0 Å². The summed E-state index contributed by atoms with van der Waals surface area (Å²) in [7, 11) is 0. The zero-order chi connectivity index (χ0) is 14.4. The molecule has 2 nitrogen and oxygen atoms in total. The molecule has 20 heavy (non-hydrogen) atoms. The van der Waals surface area contributed by atoms with Crippen LogP contribution in [0.25, 0.3) is 0 Å². The Bertz CT molecular complexity index is 540. The molecule has 108 valence electrons. The van der Waals surface area contributed by atoms with Crippen LogP contribution in [0.5, 0.6) is 5.75 Å². The molecule has 3 heteroatoms. The third-order valence-electron chi connectivity index (χ3n) is 6.03. The van der Waals surface area contributed by atoms with E-state index in [1.165, 1.54) is 19.3 Å². The van der Waals surface area contributed by atoms with Gasteiger partial charge in [0.2, 0.25) is 0 Å². The average Bonchev–Trinajstić information content (AvgIpc) is 2.74. The van der Waals surface area contributed by atoms with Crippen LogP contribution in [-0.4, -0.2) is 16.6 Å². The molecular weight excluding hydrogens is 266 g/mol. The summed E-state index contributed by atoms with van der Waals surface area (Å²) in [6.07, 6.45) is 5.78. The number of para-hydroxylation sites is 1. The molecule has 3 rings (SSSR count). The highest BCUT2D eigenvalue weighted by molar-refractivity contribution is 7.98. The van der Waals surface area contributed by atoms with Crippen molar-refractivity contribution in [3.63, 3.8) is 0 Å². The first-order valence-electron chi connectivity index (χ1n) is 7.42. The molecular formula is C17H23NOS. The summed E-state index contributed by atoms with van der Waals surface area (Å²) in [5, 5.41) is 10.4. The summed E-state index contributed by atoms with van der Waals surface area (Å²) in [4.78, 5) is 0. The van der Waals surface area contributed by atoms with E-state index in [2.05, 4.69) is 25.2 Å². The van der Waals surface area contributed by atoms with Crippen LogP contribution in [0.15, 0.2) is 28.7 Å². The Morgan fingerprint density at radius 3 is 2.65 bits per heavy atom. The van der Waals surface area contributed by atoms with Crippen molar-refractivity contribution in [3.8, 4) is 5.75 Å². The molecule has 2 bridgehead atoms. The van der Waals surface area contributed by atoms with Crippen molar-refractivity contribution in [1.82, 2.24) is 0 Å². The van der Waals surface area contributed by atoms with Crippen LogP contribution in [0.4, 0.5) is 0 Å². The van der Waals surface area contributed by atoms with Crippen LogP contribution in [0.2, 0.25) is 0 Å². The predicted molar refractivity (Wildman–Crippen MR) is 86.3 cm³/mol. The molecule has 0 aliphatic heterocycles. The van der Waals surface area contributed by atoms with E-state index in [0.29, 0.717) is 21.8 Å². The van der Waals surface area contributed by atoms with Gasteiger partial charge in [0.25, 0.3) is 0 Å². The maximum atomic E-state index is 9.74. The van der Waals surface area contributed by atoms with Gasteiger partial charge in [-0.2, -0.15) is 0 Å². The molecule has 0 radical (unpaired) electrons. The maximum Gasteiger partial charge on any atom is 0.124 e. The number of aromatic hydroxyl groups is 1. The van der Waals surface area contributed by atoms with Gasteiger partial charge in [-0.1, -0.05) is 32.9 Å². The zero-order valence-electron chi connectivity index (χ0n) is 12.5. The first-order valence-corrected chi connectivity index (χ1v) is 8.26. The highest BCUT2D eigenvalue weighted by Crippen LogP contribution is 2.68. The molecule has 0 saturated heterocycles. The third kappa shape index (κ3) is 1.98. The number of hydrogen-bond acceptors (Lipinski definition) is 3. The molecule has 0 spiro atoms. The number of benzene rings is 1. The van der Waals surface area contributed by atoms with Crippen LogP contribution < -0.4 is 0 Å². The minimum atomic E-state index is 0.302. The lowest BCUT2D eigenvalue weighted by Crippen LogP contribution is -2.33. The summed E-state index contributed by atoms with van der Waals surface area (Å²) in [5.41, 5.74) is 1.64. The summed E-state index contributed by atoms with van der Waals surface area (Å²) in [5.74, 6) is 1.15. The largest absolute Gasteiger partial charge is 0.507 e. The lowest BCUT2D eigenvalue weighted by Gasteiger charge is -2.38. The number of phenols is 1. The van der Waals surface area contributed by atoms with Crippen molar-refractivity contribution in [3.05, 3.63) is 29.8 Å². The highest BCUT2D eigenvalue weighted by Gasteiger charge is 2.61. The number of rotatable bonds is 3. The molecule has 1 N–H and O–H groups in total. The number of fused-ring (bicyclic) bond motifs is 2. The Hall–Kier alpha value is -0.960. The first-order chi connectivity index (χ1) is 9.45. The number of nitrogens with zero attached hydrogens (tertiary/aromatic N) is 1. The maximum absolute atomic E-state index is 9.74. The van der Waals surface area contributed by atoms with Crippen molar-refractivity contribution < 1.29 is 5.11 Å². The van der Waals surface area contributed by atoms with Crippen LogP contribution in [0.3, 0.4) is 0 Å². The Morgan fingerprint density at radius 1 is 1.30 bits per heavy atom. The van der Waals surface area contributed by atoms with E-state index in [1.807, 2.05) is 18.2 Å². The second-order valence-corrected chi connectivity index (χ2v) is 7.99. The minimum absolute atomic E-state index is 0.302. The summed E-state index contributed by atoms with van der Waals surface area (Å²) < 4.78 is 4.55. The Kier molecular flexibility index (Phi) is 3.36. The lowest BCUT2D eigenvalue weighted by molar-refractivity contribution is 0.156. The van der Waals surface area contributed by atoms with E-state index in [9.17, 15) is 5.11 Å². The van der Waals surface area contributed by atoms with Gasteiger partial charge in [0.1, 0.15) is 5.75 Å². The van der Waals surface area contributed by atoms with E-state index in [0.717, 1.165) is 11.5 Å². The smallest absolute Gasteiger partial charge is 0.124 e. The molecule has 2 fully saturated rings. The topological polar surface area (TPSA) is 32.6 Å². The fraction of sp³-hybridized carbons (Fsp3) is 0.588. The van der Waals surface area contributed by atoms with Gasteiger partial charge in [0.15, 0.2) is 0 Å². The quantitative estimate of drug-likeness (QED) is 0.647. The Balaban J connectivity index is 1.70. The molecule has 1 aromatic carbocycles. The summed E-state index contributed by atoms with van der Waals surface area (Å²) >= 11 is 1.71. The van der Waals surface area contributed by atoms with Crippen LogP contribution in [0.1, 0.15) is 45.6 Å². The van der Waals surface area contributed by atoms with Gasteiger partial charge >= 0.3 is 0 Å². The van der Waals surface area contributed by atoms with Crippen molar-refractivity contribution in [2.75, 3.05) is 0 Å². The van der Waals surface area contributed by atoms with Crippen molar-refractivity contribution in [1.29, 1.82) is 0 Å². The standard InChI is InChI=1S/C17H23NOS/c1-16(2)13-8-9-17(16,3)15(10-13)20-18-11-12-6-4-5-7-14(12)19/h4-7,11,13,15,19H,8-10H2,1-3H3/b18-11+/t13-,15-,17+/m0/s1. The minimum Gasteiger partial charge on any atom is -0.507 e. The summed E-state index contributed by atoms with van der Waals surface area (Å²) in [6, 6.07) is 7.35. The van der Waals surface area contributed by atoms with E-state index in [4.69, 9.17) is 0 Å². The van der Waals surface area contributed by atoms with E-state index in [1.54, 1.807) is 24.2 Å². The van der Waals surface area contributed by atoms with E-state index >= 15 is 0 Å². The van der Waals surface area contributed by atoms with Crippen molar-refractivity contribution in [2.24, 2.45) is 21.1 Å². The lowest BCUT2D eigenvalue weighted by atomic mass is 9.71. The van der Waals surface area contributed by atoms with E-state index < -0.39 is 0 Å². The molecule has 0 unspecified atom stereocenters. The fourth-order valence-electron chi connectivity index (χ4n) is 4.05. The predicted octanol–water partition coefficient (Wildman–Crippen LogP) is 4.67. The van der Waals surface area contributed by atoms with Gasteiger partial charge in [-0.15, -0.1) is 0 Å². The molecule has 2 aliphatic carbocycles. The highest BCUT2D eigenvalue weighted by atomic mass is 32.2. The van der Waals surface area contributed by atoms with Gasteiger partial charge in [-0.25, -0.2) is 4.40 Å². The van der Waals surface area contributed by atoms with Gasteiger partial charge < -0.3 is 5.11 Å². The van der Waals surface area contributed by atoms with E-state index in [-0.39, 0.29) is 0 Å². The van der Waals surface area contributed by atoms with Gasteiger partial charge in [0.05, 0.1) is 0 Å². The molecule has 0 heterocycles. The number of phenolic OH excluding ortho intramolecular Hbond substituents is 1. The second kappa shape index (κ2) is 4.80. The molecule has 0 aromatic heterocycles. The monoisotopic (exact) mass is 289 g/mol. The van der Waals surface area contributed by atoms with Gasteiger partial charge in [-0.05, 0) is 60.1 Å². The molecule has 0 amide bonds. The Morgan fingerprint density at radius 2 is 2.05 bits per heavy atom. The molecule has 3 atom stereocenters. The fourth-order valence-corrected chi connectivity index (χ4v) is 5.34. The van der Waals surface area contributed by atoms with Crippen LogP contribution in [-0.2, 0) is 0 Å². The van der Waals surface area contributed by atoms with Crippen LogP contribution >= 0.6 is 11.9 Å². The van der Waals surface area contributed by atoms with Crippen LogP contribution in [0, 0.1) is 16.7 Å². The molecule has 1 aromatic rings. The zero-order valence-corrected chi connectivity index (χ0v) is 13.3. The molecule has 2 saturated carbocycles. The van der Waals surface area contributed by atoms with Gasteiger partial charge in [0, 0.05) is 17.0 Å². The average molecular weight is 289 g/mol. The molecule has 2 aliphatic rings. The third-order valence-corrected chi connectivity index (χ3v) is 7.22.